The fourth-order valence-corrected chi connectivity index (χ4v) is 1.71. The molecule has 1 unspecified atom stereocenters. The number of nitrogens with zero attached hydrogens (tertiary/aromatic N) is 4. The fraction of sp³-hybridized carbons (Fsp3) is 0.455. The van der Waals surface area contributed by atoms with E-state index in [1.165, 1.54) is 13.4 Å². The van der Waals surface area contributed by atoms with E-state index < -0.39 is 12.1 Å². The number of carboxylic acids is 1. The van der Waals surface area contributed by atoms with Crippen LogP contribution in [0.5, 0.6) is 0 Å². The third-order valence-corrected chi connectivity index (χ3v) is 2.63. The molecule has 0 fully saturated rings. The predicted molar refractivity (Wildman–Crippen MR) is 67.1 cm³/mol. The maximum Gasteiger partial charge on any atom is 0.306 e. The van der Waals surface area contributed by atoms with Gasteiger partial charge in [0.15, 0.2) is 0 Å². The van der Waals surface area contributed by atoms with Gasteiger partial charge < -0.3 is 15.2 Å². The first-order valence-corrected chi connectivity index (χ1v) is 5.76. The first-order valence-electron chi connectivity index (χ1n) is 5.76. The van der Waals surface area contributed by atoms with Crippen molar-refractivity contribution in [2.75, 3.05) is 19.0 Å². The SMILES string of the molecule is COC(CNc1cc(C)nc2ncnn12)CC(=O)O. The molecule has 0 aromatic carbocycles. The number of rotatable bonds is 6. The highest BCUT2D eigenvalue weighted by molar-refractivity contribution is 5.67. The van der Waals surface area contributed by atoms with Gasteiger partial charge in [0.05, 0.1) is 12.5 Å². The van der Waals surface area contributed by atoms with E-state index in [0.717, 1.165) is 5.69 Å². The van der Waals surface area contributed by atoms with Crippen molar-refractivity contribution in [3.05, 3.63) is 18.1 Å². The number of anilines is 1. The largest absolute Gasteiger partial charge is 0.481 e. The van der Waals surface area contributed by atoms with Crippen LogP contribution in [-0.4, -0.2) is 50.4 Å². The third-order valence-electron chi connectivity index (χ3n) is 2.63. The van der Waals surface area contributed by atoms with E-state index >= 15 is 0 Å². The van der Waals surface area contributed by atoms with Gasteiger partial charge in [0.2, 0.25) is 0 Å². The van der Waals surface area contributed by atoms with E-state index in [1.54, 1.807) is 4.52 Å². The lowest BCUT2D eigenvalue weighted by Crippen LogP contribution is -2.25. The van der Waals surface area contributed by atoms with Crippen molar-refractivity contribution in [3.63, 3.8) is 0 Å². The Hall–Kier alpha value is -2.22. The van der Waals surface area contributed by atoms with E-state index in [4.69, 9.17) is 9.84 Å². The second-order valence-corrected chi connectivity index (χ2v) is 4.09. The summed E-state index contributed by atoms with van der Waals surface area (Å²) in [5.74, 6) is 0.299. The Labute approximate surface area is 109 Å². The highest BCUT2D eigenvalue weighted by Gasteiger charge is 2.13. The van der Waals surface area contributed by atoms with Gasteiger partial charge in [-0.05, 0) is 6.92 Å². The Morgan fingerprint density at radius 1 is 1.63 bits per heavy atom. The predicted octanol–water partition coefficient (Wildman–Crippen LogP) is 0.334. The number of aliphatic carboxylic acids is 1. The van der Waals surface area contributed by atoms with Crippen LogP contribution in [0, 0.1) is 6.92 Å². The summed E-state index contributed by atoms with van der Waals surface area (Å²) in [7, 11) is 1.48. The first kappa shape index (κ1) is 13.2. The monoisotopic (exact) mass is 265 g/mol. The van der Waals surface area contributed by atoms with E-state index in [9.17, 15) is 4.79 Å². The minimum atomic E-state index is -0.898. The molecule has 0 saturated heterocycles. The molecule has 8 nitrogen and oxygen atoms in total. The van der Waals surface area contributed by atoms with Crippen molar-refractivity contribution < 1.29 is 14.6 Å². The number of methoxy groups -OCH3 is 1. The van der Waals surface area contributed by atoms with Crippen molar-refractivity contribution in [1.82, 2.24) is 19.6 Å². The first-order chi connectivity index (χ1) is 9.10. The Morgan fingerprint density at radius 3 is 3.11 bits per heavy atom. The topological polar surface area (TPSA) is 102 Å². The molecule has 19 heavy (non-hydrogen) atoms. The highest BCUT2D eigenvalue weighted by Crippen LogP contribution is 2.10. The maximum atomic E-state index is 10.7. The fourth-order valence-electron chi connectivity index (χ4n) is 1.71. The minimum Gasteiger partial charge on any atom is -0.481 e. The molecule has 0 radical (unpaired) electrons. The van der Waals surface area contributed by atoms with Gasteiger partial charge in [0, 0.05) is 25.4 Å². The molecule has 0 aliphatic rings. The number of hydrogen-bond donors (Lipinski definition) is 2. The van der Waals surface area contributed by atoms with Crippen LogP contribution in [0.25, 0.3) is 5.78 Å². The molecule has 2 aromatic rings. The molecule has 0 aliphatic heterocycles. The normalized spacial score (nSPS) is 12.5. The van der Waals surface area contributed by atoms with Crippen molar-refractivity contribution >= 4 is 17.6 Å². The molecular weight excluding hydrogens is 250 g/mol. The lowest BCUT2D eigenvalue weighted by Gasteiger charge is -2.15. The summed E-state index contributed by atoms with van der Waals surface area (Å²) in [6.45, 7) is 2.21. The molecule has 0 saturated carbocycles. The molecule has 2 rings (SSSR count). The Kier molecular flexibility index (Phi) is 3.91. The molecular formula is C11H15N5O3. The Bertz CT molecular complexity index is 583. The van der Waals surface area contributed by atoms with Crippen molar-refractivity contribution in [2.24, 2.45) is 0 Å². The average molecular weight is 265 g/mol. The number of aryl methyl sites for hydroxylation is 1. The lowest BCUT2D eigenvalue weighted by molar-refractivity contribution is -0.139. The summed E-state index contributed by atoms with van der Waals surface area (Å²) in [5, 5.41) is 15.9. The van der Waals surface area contributed by atoms with Crippen molar-refractivity contribution in [2.45, 2.75) is 19.4 Å². The number of hydrogen-bond acceptors (Lipinski definition) is 6. The quantitative estimate of drug-likeness (QED) is 0.776. The van der Waals surface area contributed by atoms with Crippen LogP contribution in [0.4, 0.5) is 5.82 Å². The summed E-state index contributed by atoms with van der Waals surface area (Å²) in [4.78, 5) is 18.9. The number of ether oxygens (including phenoxy) is 1. The third kappa shape index (κ3) is 3.16. The zero-order valence-electron chi connectivity index (χ0n) is 10.7. The Balaban J connectivity index is 2.12. The van der Waals surface area contributed by atoms with Gasteiger partial charge in [-0.2, -0.15) is 14.6 Å². The average Bonchev–Trinajstić information content (AvgIpc) is 2.81. The van der Waals surface area contributed by atoms with Gasteiger partial charge in [-0.25, -0.2) is 4.98 Å². The van der Waals surface area contributed by atoms with Gasteiger partial charge in [-0.15, -0.1) is 0 Å². The summed E-state index contributed by atoms with van der Waals surface area (Å²) in [5.41, 5.74) is 0.801. The zero-order chi connectivity index (χ0) is 13.8. The number of fused-ring (bicyclic) bond motifs is 1. The zero-order valence-corrected chi connectivity index (χ0v) is 10.7. The summed E-state index contributed by atoms with van der Waals surface area (Å²) >= 11 is 0. The molecule has 0 spiro atoms. The van der Waals surface area contributed by atoms with Gasteiger partial charge in [0.25, 0.3) is 5.78 Å². The lowest BCUT2D eigenvalue weighted by atomic mass is 10.2. The summed E-state index contributed by atoms with van der Waals surface area (Å²) in [6.07, 6.45) is 0.941. The number of nitrogens with one attached hydrogen (secondary N) is 1. The van der Waals surface area contributed by atoms with Crippen molar-refractivity contribution in [3.8, 4) is 0 Å². The molecule has 0 bridgehead atoms. The van der Waals surface area contributed by atoms with Crippen LogP contribution >= 0.6 is 0 Å². The van der Waals surface area contributed by atoms with E-state index in [2.05, 4.69) is 20.4 Å². The van der Waals surface area contributed by atoms with Gasteiger partial charge in [-0.1, -0.05) is 0 Å². The smallest absolute Gasteiger partial charge is 0.306 e. The van der Waals surface area contributed by atoms with E-state index in [0.29, 0.717) is 18.1 Å². The van der Waals surface area contributed by atoms with E-state index in [-0.39, 0.29) is 6.42 Å². The number of carbonyl (C=O) groups is 1. The Morgan fingerprint density at radius 2 is 2.42 bits per heavy atom. The molecule has 2 N–H and O–H groups in total. The summed E-state index contributed by atoms with van der Waals surface area (Å²) < 4.78 is 6.66. The minimum absolute atomic E-state index is 0.0614. The summed E-state index contributed by atoms with van der Waals surface area (Å²) in [6, 6.07) is 1.81. The number of carboxylic acid groups (broad SMARTS) is 1. The second-order valence-electron chi connectivity index (χ2n) is 4.09. The van der Waals surface area contributed by atoms with Crippen LogP contribution in [-0.2, 0) is 9.53 Å². The van der Waals surface area contributed by atoms with Crippen LogP contribution in [0.3, 0.4) is 0 Å². The van der Waals surface area contributed by atoms with Crippen LogP contribution < -0.4 is 5.32 Å². The number of aromatic nitrogens is 4. The van der Waals surface area contributed by atoms with Crippen LogP contribution in [0.2, 0.25) is 0 Å². The molecule has 8 heteroatoms. The molecule has 0 amide bonds. The van der Waals surface area contributed by atoms with Gasteiger partial charge in [-0.3, -0.25) is 4.79 Å². The van der Waals surface area contributed by atoms with E-state index in [1.807, 2.05) is 13.0 Å². The van der Waals surface area contributed by atoms with Gasteiger partial charge >= 0.3 is 5.97 Å². The maximum absolute atomic E-state index is 10.7. The standard InChI is InChI=1S/C11H15N5O3/c1-7-3-9(16-11(15-7)13-6-14-16)12-5-8(19-2)4-10(17)18/h3,6,8,12H,4-5H2,1-2H3,(H,17,18). The second kappa shape index (κ2) is 5.61. The van der Waals surface area contributed by atoms with Crippen molar-refractivity contribution in [1.29, 1.82) is 0 Å². The van der Waals surface area contributed by atoms with Crippen LogP contribution in [0.15, 0.2) is 12.4 Å². The van der Waals surface area contributed by atoms with Gasteiger partial charge in [0.1, 0.15) is 12.1 Å². The molecule has 2 aromatic heterocycles. The molecule has 2 heterocycles. The van der Waals surface area contributed by atoms with Crippen LogP contribution in [0.1, 0.15) is 12.1 Å². The highest BCUT2D eigenvalue weighted by atomic mass is 16.5. The molecule has 0 aliphatic carbocycles. The molecule has 1 atom stereocenters. The molecule has 102 valence electrons.